The Kier molecular flexibility index (Phi) is 5.22. The normalized spacial score (nSPS) is 11.5. The molecule has 106 valence electrons. The zero-order chi connectivity index (χ0) is 14.6. The van der Waals surface area contributed by atoms with E-state index in [0.717, 1.165) is 0 Å². The Labute approximate surface area is 114 Å². The maximum atomic E-state index is 13.1. The van der Waals surface area contributed by atoms with Crippen molar-refractivity contribution >= 4 is 17.5 Å². The number of halogens is 3. The largest absolute Gasteiger partial charge is 0.394 e. The van der Waals surface area contributed by atoms with Gasteiger partial charge in [-0.15, -0.1) is 0 Å². The van der Waals surface area contributed by atoms with Crippen molar-refractivity contribution in [1.29, 1.82) is 0 Å². The lowest BCUT2D eigenvalue weighted by molar-refractivity contribution is 0.0652. The Balaban J connectivity index is 3.04. The Hall–Kier alpha value is -1.24. The van der Waals surface area contributed by atoms with Gasteiger partial charge >= 0.3 is 0 Å². The third-order valence-corrected chi connectivity index (χ3v) is 3.23. The molecule has 1 aromatic rings. The number of hydrogen-bond donors (Lipinski definition) is 3. The van der Waals surface area contributed by atoms with E-state index >= 15 is 0 Å². The van der Waals surface area contributed by atoms with E-state index in [0.29, 0.717) is 12.1 Å². The lowest BCUT2D eigenvalue weighted by atomic mass is 9.98. The molecule has 0 heterocycles. The van der Waals surface area contributed by atoms with Crippen molar-refractivity contribution < 1.29 is 23.8 Å². The number of benzene rings is 1. The first-order valence-electron chi connectivity index (χ1n) is 5.58. The first kappa shape index (κ1) is 15.8. The van der Waals surface area contributed by atoms with Gasteiger partial charge in [0.25, 0.3) is 5.91 Å². The summed E-state index contributed by atoms with van der Waals surface area (Å²) >= 11 is 5.66. The minimum Gasteiger partial charge on any atom is -0.394 e. The lowest BCUT2D eigenvalue weighted by Crippen LogP contribution is -2.53. The summed E-state index contributed by atoms with van der Waals surface area (Å²) < 4.78 is 26.0. The van der Waals surface area contributed by atoms with Crippen LogP contribution >= 0.6 is 11.6 Å². The number of hydrogen-bond acceptors (Lipinski definition) is 3. The first-order valence-corrected chi connectivity index (χ1v) is 5.95. The molecular formula is C12H14ClF2NO3. The maximum absolute atomic E-state index is 13.1. The number of aliphatic hydroxyl groups excluding tert-OH is 2. The predicted octanol–water partition coefficient (Wildman–Crippen LogP) is 1.48. The minimum absolute atomic E-state index is 0.253. The van der Waals surface area contributed by atoms with Gasteiger partial charge in [0.15, 0.2) is 11.6 Å². The van der Waals surface area contributed by atoms with Gasteiger partial charge in [-0.1, -0.05) is 18.5 Å². The zero-order valence-electron chi connectivity index (χ0n) is 10.2. The molecule has 19 heavy (non-hydrogen) atoms. The fourth-order valence-electron chi connectivity index (χ4n) is 1.45. The van der Waals surface area contributed by atoms with E-state index < -0.39 is 36.3 Å². The van der Waals surface area contributed by atoms with Gasteiger partial charge in [0.1, 0.15) is 0 Å². The fourth-order valence-corrected chi connectivity index (χ4v) is 1.68. The number of nitrogens with one attached hydrogen (secondary N) is 1. The first-order chi connectivity index (χ1) is 8.89. The van der Waals surface area contributed by atoms with Gasteiger partial charge in [0.05, 0.1) is 29.3 Å². The second-order valence-corrected chi connectivity index (χ2v) is 4.56. The van der Waals surface area contributed by atoms with E-state index in [4.69, 9.17) is 11.6 Å². The van der Waals surface area contributed by atoms with Crippen LogP contribution in [0, 0.1) is 11.6 Å². The van der Waals surface area contributed by atoms with E-state index in [-0.39, 0.29) is 17.0 Å². The van der Waals surface area contributed by atoms with E-state index in [1.807, 2.05) is 0 Å². The van der Waals surface area contributed by atoms with Crippen LogP contribution in [0.1, 0.15) is 23.7 Å². The molecule has 0 aliphatic rings. The monoisotopic (exact) mass is 293 g/mol. The quantitative estimate of drug-likeness (QED) is 0.720. The van der Waals surface area contributed by atoms with Crippen molar-refractivity contribution in [2.75, 3.05) is 13.2 Å². The summed E-state index contributed by atoms with van der Waals surface area (Å²) in [6.07, 6.45) is 0.257. The van der Waals surface area contributed by atoms with Gasteiger partial charge < -0.3 is 15.5 Å². The predicted molar refractivity (Wildman–Crippen MR) is 66.0 cm³/mol. The van der Waals surface area contributed by atoms with Crippen LogP contribution in [-0.4, -0.2) is 34.9 Å². The molecule has 0 atom stereocenters. The molecule has 1 amide bonds. The van der Waals surface area contributed by atoms with Crippen LogP contribution in [0.5, 0.6) is 0 Å². The molecule has 0 aliphatic carbocycles. The molecule has 1 rings (SSSR count). The highest BCUT2D eigenvalue weighted by molar-refractivity contribution is 6.33. The molecule has 0 spiro atoms. The van der Waals surface area contributed by atoms with Gasteiger partial charge in [0, 0.05) is 0 Å². The smallest absolute Gasteiger partial charge is 0.253 e. The van der Waals surface area contributed by atoms with Crippen LogP contribution in [-0.2, 0) is 0 Å². The molecule has 0 aliphatic heterocycles. The van der Waals surface area contributed by atoms with Gasteiger partial charge in [0.2, 0.25) is 0 Å². The second-order valence-electron chi connectivity index (χ2n) is 4.15. The minimum atomic E-state index is -1.23. The Bertz CT molecular complexity index is 470. The van der Waals surface area contributed by atoms with Crippen LogP contribution in [0.2, 0.25) is 5.02 Å². The topological polar surface area (TPSA) is 69.6 Å². The van der Waals surface area contributed by atoms with Crippen molar-refractivity contribution in [3.05, 3.63) is 34.4 Å². The molecule has 0 bridgehead atoms. The molecule has 1 aromatic carbocycles. The van der Waals surface area contributed by atoms with Crippen molar-refractivity contribution in [2.45, 2.75) is 18.9 Å². The lowest BCUT2D eigenvalue weighted by Gasteiger charge is -2.29. The highest BCUT2D eigenvalue weighted by Crippen LogP contribution is 2.21. The standard InChI is InChI=1S/C12H14ClF2NO3/c1-2-12(5-17,6-18)16-11(19)7-3-9(14)10(15)4-8(7)13/h3-4,17-18H,2,5-6H2,1H3,(H,16,19). The molecule has 0 saturated heterocycles. The van der Waals surface area contributed by atoms with Gasteiger partial charge in [-0.05, 0) is 18.6 Å². The maximum Gasteiger partial charge on any atom is 0.253 e. The van der Waals surface area contributed by atoms with Crippen LogP contribution in [0.15, 0.2) is 12.1 Å². The fraction of sp³-hybridized carbons (Fsp3) is 0.417. The van der Waals surface area contributed by atoms with Gasteiger partial charge in [-0.2, -0.15) is 0 Å². The number of carbonyl (C=O) groups is 1. The van der Waals surface area contributed by atoms with Crippen LogP contribution < -0.4 is 5.32 Å². The molecule has 0 radical (unpaired) electrons. The molecule has 4 nitrogen and oxygen atoms in total. The molecule has 3 N–H and O–H groups in total. The molecule has 0 saturated carbocycles. The van der Waals surface area contributed by atoms with E-state index in [9.17, 15) is 23.8 Å². The number of aliphatic hydroxyl groups is 2. The summed E-state index contributed by atoms with van der Waals surface area (Å²) in [7, 11) is 0. The van der Waals surface area contributed by atoms with Crippen LogP contribution in [0.3, 0.4) is 0 Å². The summed E-state index contributed by atoms with van der Waals surface area (Å²) in [5.74, 6) is -3.16. The van der Waals surface area contributed by atoms with Crippen molar-refractivity contribution in [2.24, 2.45) is 0 Å². The molecule has 0 aromatic heterocycles. The Morgan fingerprint density at radius 2 is 1.84 bits per heavy atom. The third kappa shape index (κ3) is 3.40. The molecule has 0 unspecified atom stereocenters. The van der Waals surface area contributed by atoms with E-state index in [1.165, 1.54) is 0 Å². The zero-order valence-corrected chi connectivity index (χ0v) is 11.0. The third-order valence-electron chi connectivity index (χ3n) is 2.92. The van der Waals surface area contributed by atoms with Crippen LogP contribution in [0.25, 0.3) is 0 Å². The number of carbonyl (C=O) groups excluding carboxylic acids is 1. The van der Waals surface area contributed by atoms with E-state index in [2.05, 4.69) is 5.32 Å². The highest BCUT2D eigenvalue weighted by Gasteiger charge is 2.30. The van der Waals surface area contributed by atoms with Gasteiger partial charge in [-0.25, -0.2) is 8.78 Å². The molecule has 0 fully saturated rings. The molecule has 7 heteroatoms. The summed E-state index contributed by atoms with van der Waals surface area (Å²) in [6, 6.07) is 1.36. The summed E-state index contributed by atoms with van der Waals surface area (Å²) in [4.78, 5) is 11.9. The number of rotatable bonds is 5. The Morgan fingerprint density at radius 3 is 2.32 bits per heavy atom. The molecular weight excluding hydrogens is 280 g/mol. The second kappa shape index (κ2) is 6.27. The van der Waals surface area contributed by atoms with E-state index in [1.54, 1.807) is 6.92 Å². The average Bonchev–Trinajstić information content (AvgIpc) is 2.40. The van der Waals surface area contributed by atoms with Gasteiger partial charge in [-0.3, -0.25) is 4.79 Å². The number of amides is 1. The summed E-state index contributed by atoms with van der Waals surface area (Å²) in [6.45, 7) is 0.666. The van der Waals surface area contributed by atoms with Crippen molar-refractivity contribution in [1.82, 2.24) is 5.32 Å². The summed E-state index contributed by atoms with van der Waals surface area (Å²) in [5.41, 5.74) is -1.49. The van der Waals surface area contributed by atoms with Crippen LogP contribution in [0.4, 0.5) is 8.78 Å². The SMILES string of the molecule is CCC(CO)(CO)NC(=O)c1cc(F)c(F)cc1Cl. The van der Waals surface area contributed by atoms with Crippen molar-refractivity contribution in [3.63, 3.8) is 0 Å². The highest BCUT2D eigenvalue weighted by atomic mass is 35.5. The summed E-state index contributed by atoms with van der Waals surface area (Å²) in [5, 5.41) is 20.5. The Morgan fingerprint density at radius 1 is 1.32 bits per heavy atom. The van der Waals surface area contributed by atoms with Crippen molar-refractivity contribution in [3.8, 4) is 0 Å². The average molecular weight is 294 g/mol.